The molecule has 0 saturated carbocycles. The van der Waals surface area contributed by atoms with Crippen LogP contribution in [0.2, 0.25) is 0 Å². The molecule has 2 heterocycles. The normalized spacial score (nSPS) is 10.6. The summed E-state index contributed by atoms with van der Waals surface area (Å²) in [6.07, 6.45) is 1.94. The Balaban J connectivity index is 2.07. The van der Waals surface area contributed by atoms with Gasteiger partial charge in [-0.3, -0.25) is 0 Å². The van der Waals surface area contributed by atoms with Crippen molar-refractivity contribution in [3.05, 3.63) is 32.6 Å². The molecule has 18 heavy (non-hydrogen) atoms. The number of nitrogens with zero attached hydrogens (tertiary/aromatic N) is 3. The van der Waals surface area contributed by atoms with Crippen LogP contribution >= 0.6 is 27.3 Å². The highest BCUT2D eigenvalue weighted by Crippen LogP contribution is 2.17. The molecule has 2 aromatic rings. The average molecular weight is 327 g/mol. The van der Waals surface area contributed by atoms with Gasteiger partial charge in [-0.2, -0.15) is 0 Å². The molecule has 0 bridgehead atoms. The Kier molecular flexibility index (Phi) is 4.66. The van der Waals surface area contributed by atoms with Gasteiger partial charge in [0.2, 0.25) is 0 Å². The molecule has 0 aliphatic rings. The maximum absolute atomic E-state index is 4.48. The lowest BCUT2D eigenvalue weighted by atomic mass is 10.3. The van der Waals surface area contributed by atoms with Crippen molar-refractivity contribution < 1.29 is 0 Å². The van der Waals surface area contributed by atoms with Crippen molar-refractivity contribution in [1.29, 1.82) is 0 Å². The van der Waals surface area contributed by atoms with Gasteiger partial charge in [-0.15, -0.1) is 11.3 Å². The van der Waals surface area contributed by atoms with Gasteiger partial charge in [-0.05, 0) is 29.3 Å². The third-order valence-electron chi connectivity index (χ3n) is 2.49. The summed E-state index contributed by atoms with van der Waals surface area (Å²) in [7, 11) is 0. The predicted octanol–water partition coefficient (Wildman–Crippen LogP) is 3.57. The maximum Gasteiger partial charge on any atom is 0.132 e. The van der Waals surface area contributed by atoms with Gasteiger partial charge < -0.3 is 5.32 Å². The van der Waals surface area contributed by atoms with E-state index < -0.39 is 0 Å². The lowest BCUT2D eigenvalue weighted by Crippen LogP contribution is -2.04. The van der Waals surface area contributed by atoms with Crippen LogP contribution < -0.4 is 5.32 Å². The third-order valence-corrected chi connectivity index (χ3v) is 3.83. The lowest BCUT2D eigenvalue weighted by Gasteiger charge is -2.07. The molecule has 2 aromatic heterocycles. The summed E-state index contributed by atoms with van der Waals surface area (Å²) in [4.78, 5) is 14.3. The molecule has 0 aromatic carbocycles. The van der Waals surface area contributed by atoms with Crippen LogP contribution in [0.15, 0.2) is 16.2 Å². The van der Waals surface area contributed by atoms with Crippen molar-refractivity contribution in [3.8, 4) is 0 Å². The van der Waals surface area contributed by atoms with E-state index in [9.17, 15) is 0 Å². The second kappa shape index (κ2) is 6.24. The van der Waals surface area contributed by atoms with Crippen LogP contribution in [0.25, 0.3) is 0 Å². The fourth-order valence-electron chi connectivity index (χ4n) is 1.56. The molecule has 0 amide bonds. The number of aryl methyl sites for hydroxylation is 2. The van der Waals surface area contributed by atoms with Gasteiger partial charge in [0.25, 0.3) is 0 Å². The highest BCUT2D eigenvalue weighted by Gasteiger charge is 2.04. The molecule has 4 nitrogen and oxygen atoms in total. The van der Waals surface area contributed by atoms with Gasteiger partial charge >= 0.3 is 0 Å². The largest absolute Gasteiger partial charge is 0.365 e. The fourth-order valence-corrected chi connectivity index (χ4v) is 2.70. The van der Waals surface area contributed by atoms with E-state index in [2.05, 4.69) is 43.1 Å². The molecule has 0 saturated heterocycles. The summed E-state index contributed by atoms with van der Waals surface area (Å²) in [6.45, 7) is 4.90. The number of nitrogens with one attached hydrogen (secondary N) is 1. The van der Waals surface area contributed by atoms with E-state index in [-0.39, 0.29) is 0 Å². The van der Waals surface area contributed by atoms with E-state index in [0.29, 0.717) is 0 Å². The summed E-state index contributed by atoms with van der Waals surface area (Å²) in [5, 5.41) is 3.32. The molecular weight excluding hydrogens is 312 g/mol. The molecule has 0 atom stereocenters. The monoisotopic (exact) mass is 326 g/mol. The Morgan fingerprint density at radius 3 is 2.89 bits per heavy atom. The molecule has 0 spiro atoms. The van der Waals surface area contributed by atoms with Crippen molar-refractivity contribution in [2.75, 3.05) is 5.32 Å². The summed E-state index contributed by atoms with van der Waals surface area (Å²) in [6, 6.07) is 1.90. The first-order chi connectivity index (χ1) is 8.69. The van der Waals surface area contributed by atoms with Gasteiger partial charge in [0, 0.05) is 17.4 Å². The SMILES string of the molecule is CCCc1nc(Br)cc(NCc2scnc2C)n1. The average Bonchev–Trinajstić information content (AvgIpc) is 2.72. The molecule has 0 unspecified atom stereocenters. The molecular formula is C12H15BrN4S. The van der Waals surface area contributed by atoms with Crippen LogP contribution in [0.1, 0.15) is 29.7 Å². The van der Waals surface area contributed by atoms with Gasteiger partial charge in [-0.25, -0.2) is 15.0 Å². The van der Waals surface area contributed by atoms with Gasteiger partial charge in [0.1, 0.15) is 16.2 Å². The lowest BCUT2D eigenvalue weighted by molar-refractivity contribution is 0.828. The van der Waals surface area contributed by atoms with Gasteiger partial charge in [0.15, 0.2) is 0 Å². The van der Waals surface area contributed by atoms with E-state index >= 15 is 0 Å². The van der Waals surface area contributed by atoms with Crippen molar-refractivity contribution >= 4 is 33.1 Å². The van der Waals surface area contributed by atoms with Crippen molar-refractivity contribution in [3.63, 3.8) is 0 Å². The minimum atomic E-state index is 0.755. The highest BCUT2D eigenvalue weighted by molar-refractivity contribution is 9.10. The number of aromatic nitrogens is 3. The zero-order valence-corrected chi connectivity index (χ0v) is 12.8. The first-order valence-electron chi connectivity index (χ1n) is 5.85. The fraction of sp³-hybridized carbons (Fsp3) is 0.417. The molecule has 0 aliphatic carbocycles. The molecule has 0 radical (unpaired) electrons. The number of halogens is 1. The van der Waals surface area contributed by atoms with E-state index in [0.717, 1.165) is 41.3 Å². The standard InChI is InChI=1S/C12H15BrN4S/c1-3-4-11-16-10(13)5-12(17-11)14-6-9-8(2)15-7-18-9/h5,7H,3-4,6H2,1-2H3,(H,14,16,17). The Morgan fingerprint density at radius 1 is 1.39 bits per heavy atom. The summed E-state index contributed by atoms with van der Waals surface area (Å²) < 4.78 is 0.824. The Hall–Kier alpha value is -1.01. The van der Waals surface area contributed by atoms with Crippen molar-refractivity contribution in [2.45, 2.75) is 33.2 Å². The van der Waals surface area contributed by atoms with Crippen LogP contribution in [0.5, 0.6) is 0 Å². The summed E-state index contributed by atoms with van der Waals surface area (Å²) in [5.41, 5.74) is 2.94. The molecule has 1 N–H and O–H groups in total. The summed E-state index contributed by atoms with van der Waals surface area (Å²) in [5.74, 6) is 1.73. The molecule has 0 fully saturated rings. The van der Waals surface area contributed by atoms with Crippen LogP contribution in [0, 0.1) is 6.92 Å². The van der Waals surface area contributed by atoms with E-state index in [1.807, 2.05) is 18.5 Å². The Morgan fingerprint density at radius 2 is 2.22 bits per heavy atom. The van der Waals surface area contributed by atoms with Gasteiger partial charge in [-0.1, -0.05) is 6.92 Å². The quantitative estimate of drug-likeness (QED) is 0.853. The Bertz CT molecular complexity index is 527. The topological polar surface area (TPSA) is 50.7 Å². The second-order valence-corrected chi connectivity index (χ2v) is 5.71. The van der Waals surface area contributed by atoms with Crippen LogP contribution in [0.4, 0.5) is 5.82 Å². The number of anilines is 1. The first-order valence-corrected chi connectivity index (χ1v) is 7.52. The molecule has 2 rings (SSSR count). The van der Waals surface area contributed by atoms with E-state index in [4.69, 9.17) is 0 Å². The van der Waals surface area contributed by atoms with Crippen LogP contribution in [0.3, 0.4) is 0 Å². The maximum atomic E-state index is 4.48. The number of hydrogen-bond donors (Lipinski definition) is 1. The molecule has 6 heteroatoms. The van der Waals surface area contributed by atoms with Crippen LogP contribution in [-0.4, -0.2) is 15.0 Å². The second-order valence-electron chi connectivity index (χ2n) is 3.96. The van der Waals surface area contributed by atoms with Crippen LogP contribution in [-0.2, 0) is 13.0 Å². The van der Waals surface area contributed by atoms with E-state index in [1.54, 1.807) is 11.3 Å². The predicted molar refractivity (Wildman–Crippen MR) is 77.9 cm³/mol. The van der Waals surface area contributed by atoms with Gasteiger partial charge in [0.05, 0.1) is 17.7 Å². The molecule has 0 aliphatic heterocycles. The smallest absolute Gasteiger partial charge is 0.132 e. The number of hydrogen-bond acceptors (Lipinski definition) is 5. The number of thiazole rings is 1. The zero-order valence-electron chi connectivity index (χ0n) is 10.4. The minimum Gasteiger partial charge on any atom is -0.365 e. The first kappa shape index (κ1) is 13.4. The highest BCUT2D eigenvalue weighted by atomic mass is 79.9. The summed E-state index contributed by atoms with van der Waals surface area (Å²) >= 11 is 5.07. The minimum absolute atomic E-state index is 0.755. The molecule has 96 valence electrons. The zero-order chi connectivity index (χ0) is 13.0. The third kappa shape index (κ3) is 3.49. The number of rotatable bonds is 5. The Labute approximate surface area is 119 Å². The van der Waals surface area contributed by atoms with Crippen molar-refractivity contribution in [1.82, 2.24) is 15.0 Å². The van der Waals surface area contributed by atoms with Crippen molar-refractivity contribution in [2.24, 2.45) is 0 Å². The van der Waals surface area contributed by atoms with E-state index in [1.165, 1.54) is 4.88 Å².